The minimum absolute atomic E-state index is 0.163. The van der Waals surface area contributed by atoms with Crippen LogP contribution in [0.15, 0.2) is 36.0 Å². The van der Waals surface area contributed by atoms with Gasteiger partial charge in [0.15, 0.2) is 5.16 Å². The second-order valence-corrected chi connectivity index (χ2v) is 8.21. The van der Waals surface area contributed by atoms with Crippen molar-refractivity contribution < 1.29 is 4.79 Å². The van der Waals surface area contributed by atoms with Crippen molar-refractivity contribution in [2.75, 3.05) is 11.1 Å². The minimum atomic E-state index is -0.163. The van der Waals surface area contributed by atoms with Crippen LogP contribution in [0.2, 0.25) is 10.0 Å². The zero-order valence-corrected chi connectivity index (χ0v) is 18.4. The number of benzene rings is 1. The summed E-state index contributed by atoms with van der Waals surface area (Å²) in [5.74, 6) is 0.994. The van der Waals surface area contributed by atoms with Crippen molar-refractivity contribution in [2.45, 2.75) is 57.1 Å². The second kappa shape index (κ2) is 12.1. The quantitative estimate of drug-likeness (QED) is 0.249. The number of nitrogens with one attached hydrogen (secondary N) is 1. The largest absolute Gasteiger partial charge is 0.324 e. The van der Waals surface area contributed by atoms with E-state index >= 15 is 0 Å². The Labute approximate surface area is 180 Å². The summed E-state index contributed by atoms with van der Waals surface area (Å²) in [5, 5.41) is 13.0. The number of allylic oxidation sites excluding steroid dienone is 1. The highest BCUT2D eigenvalue weighted by molar-refractivity contribution is 7.99. The van der Waals surface area contributed by atoms with Crippen molar-refractivity contribution in [3.63, 3.8) is 0 Å². The Kier molecular flexibility index (Phi) is 9.88. The van der Waals surface area contributed by atoms with Crippen molar-refractivity contribution in [3.8, 4) is 0 Å². The molecule has 1 aromatic heterocycles. The summed E-state index contributed by atoms with van der Waals surface area (Å²) in [6.45, 7) is 6.65. The molecule has 152 valence electrons. The van der Waals surface area contributed by atoms with E-state index < -0.39 is 0 Å². The van der Waals surface area contributed by atoms with Gasteiger partial charge < -0.3 is 9.88 Å². The molecule has 5 nitrogen and oxygen atoms in total. The topological polar surface area (TPSA) is 59.8 Å². The summed E-state index contributed by atoms with van der Waals surface area (Å²) in [6.07, 6.45) is 8.75. The van der Waals surface area contributed by atoms with Crippen molar-refractivity contribution in [1.82, 2.24) is 14.8 Å². The number of unbranched alkanes of at least 4 members (excludes halogenated alkanes) is 4. The summed E-state index contributed by atoms with van der Waals surface area (Å²) in [4.78, 5) is 12.3. The molecule has 0 aliphatic rings. The maximum absolute atomic E-state index is 12.3. The number of carbonyl (C=O) groups excluding carboxylic acids is 1. The molecule has 2 aromatic rings. The van der Waals surface area contributed by atoms with Gasteiger partial charge in [-0.3, -0.25) is 4.79 Å². The maximum Gasteiger partial charge on any atom is 0.234 e. The molecule has 1 heterocycles. The fraction of sp³-hybridized carbons (Fsp3) is 0.450. The number of amides is 1. The molecule has 1 amide bonds. The maximum atomic E-state index is 12.3. The number of thioether (sulfide) groups is 1. The van der Waals surface area contributed by atoms with E-state index in [1.165, 1.54) is 37.4 Å². The van der Waals surface area contributed by atoms with E-state index in [0.29, 0.717) is 22.3 Å². The van der Waals surface area contributed by atoms with Crippen LogP contribution in [0, 0.1) is 0 Å². The smallest absolute Gasteiger partial charge is 0.234 e. The first kappa shape index (κ1) is 22.8. The summed E-state index contributed by atoms with van der Waals surface area (Å²) in [5.41, 5.74) is 0.539. The zero-order valence-electron chi connectivity index (χ0n) is 16.1. The van der Waals surface area contributed by atoms with Gasteiger partial charge in [0.25, 0.3) is 0 Å². The standard InChI is InChI=1S/C20H26Cl2N4OS/c1-3-5-6-7-8-9-18-24-25-20(26(18)12-4-2)28-14-19(27)23-17-11-10-15(21)13-16(17)22/h4,10-11,13H,2-3,5-9,12,14H2,1H3,(H,23,27). The number of halogens is 2. The number of hydrogen-bond acceptors (Lipinski definition) is 4. The third-order valence-corrected chi connectivity index (χ3v) is 5.66. The Morgan fingerprint density at radius 1 is 1.25 bits per heavy atom. The summed E-state index contributed by atoms with van der Waals surface area (Å²) < 4.78 is 2.03. The number of anilines is 1. The number of carbonyl (C=O) groups is 1. The lowest BCUT2D eigenvalue weighted by Gasteiger charge is -2.09. The molecule has 0 saturated carbocycles. The van der Waals surface area contributed by atoms with Gasteiger partial charge in [-0.05, 0) is 24.6 Å². The van der Waals surface area contributed by atoms with Crippen LogP contribution in [0.4, 0.5) is 5.69 Å². The SMILES string of the molecule is C=CCn1c(CCCCCCC)nnc1SCC(=O)Nc1ccc(Cl)cc1Cl. The average molecular weight is 441 g/mol. The van der Waals surface area contributed by atoms with E-state index in [1.54, 1.807) is 18.2 Å². The van der Waals surface area contributed by atoms with E-state index in [1.807, 2.05) is 10.6 Å². The predicted octanol–water partition coefficient (Wildman–Crippen LogP) is 6.01. The third-order valence-electron chi connectivity index (χ3n) is 4.15. The van der Waals surface area contributed by atoms with Gasteiger partial charge in [-0.2, -0.15) is 0 Å². The number of rotatable bonds is 12. The fourth-order valence-corrected chi connectivity index (χ4v) is 3.94. The fourth-order valence-electron chi connectivity index (χ4n) is 2.72. The van der Waals surface area contributed by atoms with Crippen molar-refractivity contribution in [1.29, 1.82) is 0 Å². The molecule has 28 heavy (non-hydrogen) atoms. The van der Waals surface area contributed by atoms with Crippen LogP contribution in [0.5, 0.6) is 0 Å². The van der Waals surface area contributed by atoms with Crippen molar-refractivity contribution in [2.24, 2.45) is 0 Å². The Morgan fingerprint density at radius 2 is 2.04 bits per heavy atom. The molecule has 0 bridgehead atoms. The van der Waals surface area contributed by atoms with E-state index in [2.05, 4.69) is 29.0 Å². The summed E-state index contributed by atoms with van der Waals surface area (Å²) >= 11 is 13.3. The van der Waals surface area contributed by atoms with E-state index in [0.717, 1.165) is 23.8 Å². The Bertz CT molecular complexity index is 795. The lowest BCUT2D eigenvalue weighted by molar-refractivity contribution is -0.113. The van der Waals surface area contributed by atoms with Crippen molar-refractivity contribution >= 4 is 46.6 Å². The Morgan fingerprint density at radius 3 is 2.75 bits per heavy atom. The highest BCUT2D eigenvalue weighted by Crippen LogP contribution is 2.26. The molecule has 0 fully saturated rings. The molecule has 2 rings (SSSR count). The van der Waals surface area contributed by atoms with Gasteiger partial charge in [0, 0.05) is 18.0 Å². The second-order valence-electron chi connectivity index (χ2n) is 6.42. The van der Waals surface area contributed by atoms with Gasteiger partial charge in [0.1, 0.15) is 5.82 Å². The molecule has 0 aliphatic carbocycles. The molecule has 0 atom stereocenters. The molecule has 0 saturated heterocycles. The first-order valence-electron chi connectivity index (χ1n) is 9.45. The highest BCUT2D eigenvalue weighted by Gasteiger charge is 2.14. The molecular formula is C20H26Cl2N4OS. The molecule has 1 N–H and O–H groups in total. The van der Waals surface area contributed by atoms with Gasteiger partial charge >= 0.3 is 0 Å². The third kappa shape index (κ3) is 7.15. The normalized spacial score (nSPS) is 10.8. The van der Waals surface area contributed by atoms with Gasteiger partial charge in [-0.1, -0.05) is 73.6 Å². The zero-order chi connectivity index (χ0) is 20.4. The van der Waals surface area contributed by atoms with Crippen LogP contribution in [0.25, 0.3) is 0 Å². The first-order chi connectivity index (χ1) is 13.5. The molecule has 8 heteroatoms. The average Bonchev–Trinajstić information content (AvgIpc) is 3.04. The Balaban J connectivity index is 1.91. The van der Waals surface area contributed by atoms with E-state index in [9.17, 15) is 4.79 Å². The lowest BCUT2D eigenvalue weighted by Crippen LogP contribution is -2.15. The first-order valence-corrected chi connectivity index (χ1v) is 11.2. The predicted molar refractivity (Wildman–Crippen MR) is 118 cm³/mol. The monoisotopic (exact) mass is 440 g/mol. The van der Waals surface area contributed by atoms with Gasteiger partial charge in [-0.25, -0.2) is 0 Å². The van der Waals surface area contributed by atoms with Crippen LogP contribution < -0.4 is 5.32 Å². The molecular weight excluding hydrogens is 415 g/mol. The van der Waals surface area contributed by atoms with Crippen LogP contribution in [0.3, 0.4) is 0 Å². The van der Waals surface area contributed by atoms with Gasteiger partial charge in [-0.15, -0.1) is 16.8 Å². The Hall–Kier alpha value is -1.50. The van der Waals surface area contributed by atoms with Crippen molar-refractivity contribution in [3.05, 3.63) is 46.7 Å². The number of aromatic nitrogens is 3. The molecule has 0 aliphatic heterocycles. The van der Waals surface area contributed by atoms with Gasteiger partial charge in [0.05, 0.1) is 16.5 Å². The molecule has 0 radical (unpaired) electrons. The van der Waals surface area contributed by atoms with Crippen LogP contribution >= 0.6 is 35.0 Å². The highest BCUT2D eigenvalue weighted by atomic mass is 35.5. The van der Waals surface area contributed by atoms with Crippen LogP contribution in [-0.4, -0.2) is 26.4 Å². The molecule has 0 spiro atoms. The molecule has 1 aromatic carbocycles. The number of aryl methyl sites for hydroxylation is 1. The summed E-state index contributed by atoms with van der Waals surface area (Å²) in [6, 6.07) is 4.97. The lowest BCUT2D eigenvalue weighted by atomic mass is 10.1. The van der Waals surface area contributed by atoms with Crippen LogP contribution in [0.1, 0.15) is 44.9 Å². The minimum Gasteiger partial charge on any atom is -0.324 e. The summed E-state index contributed by atoms with van der Waals surface area (Å²) in [7, 11) is 0. The number of nitrogens with zero attached hydrogens (tertiary/aromatic N) is 3. The molecule has 0 unspecified atom stereocenters. The van der Waals surface area contributed by atoms with E-state index in [-0.39, 0.29) is 11.7 Å². The van der Waals surface area contributed by atoms with Crippen LogP contribution in [-0.2, 0) is 17.8 Å². The number of hydrogen-bond donors (Lipinski definition) is 1. The van der Waals surface area contributed by atoms with E-state index in [4.69, 9.17) is 23.2 Å². The van der Waals surface area contributed by atoms with Gasteiger partial charge in [0.2, 0.25) is 5.91 Å².